The van der Waals surface area contributed by atoms with Gasteiger partial charge in [-0.2, -0.15) is 13.2 Å². The van der Waals surface area contributed by atoms with Crippen molar-refractivity contribution in [2.45, 2.75) is 12.6 Å². The molecule has 3 rings (SSSR count). The summed E-state index contributed by atoms with van der Waals surface area (Å²) in [5.41, 5.74) is -1.90. The zero-order valence-electron chi connectivity index (χ0n) is 16.9. The zero-order valence-corrected chi connectivity index (χ0v) is 20.6. The van der Waals surface area contributed by atoms with E-state index in [4.69, 9.17) is 62.7 Å². The Morgan fingerprint density at radius 3 is 1.97 bits per heavy atom. The number of rotatable bonds is 6. The second-order valence-electron chi connectivity index (χ2n) is 6.92. The zero-order chi connectivity index (χ0) is 26.2. The fraction of sp³-hybridized carbons (Fsp3) is 0.200. The number of esters is 1. The summed E-state index contributed by atoms with van der Waals surface area (Å²) in [5.74, 6) is -3.68. The second-order valence-corrected chi connectivity index (χ2v) is 8.84. The molecule has 1 aliphatic heterocycles. The first-order valence-electron chi connectivity index (χ1n) is 9.28. The van der Waals surface area contributed by atoms with Gasteiger partial charge in [-0.25, -0.2) is 0 Å². The number of carbonyl (C=O) groups is 4. The molecule has 1 heterocycles. The van der Waals surface area contributed by atoms with Crippen LogP contribution in [0.1, 0.15) is 32.7 Å². The molecule has 186 valence electrons. The van der Waals surface area contributed by atoms with Crippen molar-refractivity contribution in [1.82, 2.24) is 4.90 Å². The van der Waals surface area contributed by atoms with E-state index in [0.717, 1.165) is 12.1 Å². The number of nitrogens with one attached hydrogen (secondary N) is 1. The average molecular weight is 593 g/mol. The highest BCUT2D eigenvalue weighted by atomic mass is 35.5. The molecule has 2 aromatic rings. The van der Waals surface area contributed by atoms with E-state index in [-0.39, 0.29) is 41.9 Å². The highest BCUT2D eigenvalue weighted by Crippen LogP contribution is 2.44. The maximum absolute atomic E-state index is 12.8. The third-order valence-electron chi connectivity index (χ3n) is 4.66. The van der Waals surface area contributed by atoms with E-state index in [2.05, 4.69) is 5.32 Å². The third-order valence-corrected chi connectivity index (χ3v) is 6.79. The molecule has 0 aromatic heterocycles. The number of halogens is 8. The number of benzene rings is 2. The van der Waals surface area contributed by atoms with Gasteiger partial charge in [0.15, 0.2) is 6.61 Å². The molecule has 0 saturated heterocycles. The molecule has 0 saturated carbocycles. The summed E-state index contributed by atoms with van der Waals surface area (Å²) >= 11 is 29.7. The lowest BCUT2D eigenvalue weighted by Gasteiger charge is -2.14. The number of amides is 3. The molecule has 0 fully saturated rings. The van der Waals surface area contributed by atoms with E-state index in [1.807, 2.05) is 0 Å². The SMILES string of the molecule is O=C(COC(=O)CCN1C(=O)c2c(Cl)c(Cl)c(Cl)c(Cl)c2C1=O)Nc1cc(C(F)(F)F)ccc1Cl. The summed E-state index contributed by atoms with van der Waals surface area (Å²) < 4.78 is 43.2. The van der Waals surface area contributed by atoms with Gasteiger partial charge in [-0.05, 0) is 18.2 Å². The molecule has 0 atom stereocenters. The minimum Gasteiger partial charge on any atom is -0.456 e. The number of hydrogen-bond donors (Lipinski definition) is 1. The second kappa shape index (κ2) is 10.4. The van der Waals surface area contributed by atoms with Crippen molar-refractivity contribution in [3.8, 4) is 0 Å². The van der Waals surface area contributed by atoms with Gasteiger partial charge in [0, 0.05) is 6.54 Å². The average Bonchev–Trinajstić information content (AvgIpc) is 3.03. The van der Waals surface area contributed by atoms with Crippen molar-refractivity contribution in [3.05, 3.63) is 60.0 Å². The molecule has 0 radical (unpaired) electrons. The van der Waals surface area contributed by atoms with Crippen LogP contribution < -0.4 is 5.32 Å². The Morgan fingerprint density at radius 1 is 0.914 bits per heavy atom. The lowest BCUT2D eigenvalue weighted by Crippen LogP contribution is -2.32. The summed E-state index contributed by atoms with van der Waals surface area (Å²) in [6, 6.07) is 2.31. The third kappa shape index (κ3) is 5.62. The van der Waals surface area contributed by atoms with Gasteiger partial charge in [0.2, 0.25) is 0 Å². The molecule has 2 aromatic carbocycles. The van der Waals surface area contributed by atoms with Gasteiger partial charge in [0.1, 0.15) is 0 Å². The lowest BCUT2D eigenvalue weighted by atomic mass is 10.1. The van der Waals surface area contributed by atoms with Crippen LogP contribution in [-0.2, 0) is 20.5 Å². The minimum atomic E-state index is -4.66. The fourth-order valence-electron chi connectivity index (χ4n) is 3.00. The minimum absolute atomic E-state index is 0.166. The van der Waals surface area contributed by atoms with E-state index >= 15 is 0 Å². The molecular weight excluding hydrogens is 582 g/mol. The molecule has 7 nitrogen and oxygen atoms in total. The molecule has 35 heavy (non-hydrogen) atoms. The van der Waals surface area contributed by atoms with E-state index in [1.54, 1.807) is 0 Å². The van der Waals surface area contributed by atoms with E-state index < -0.39 is 55.0 Å². The highest BCUT2D eigenvalue weighted by molar-refractivity contribution is 6.55. The lowest BCUT2D eigenvalue weighted by molar-refractivity contribution is -0.147. The summed E-state index contributed by atoms with van der Waals surface area (Å²) in [5, 5.41) is 0.957. The van der Waals surface area contributed by atoms with Crippen LogP contribution in [0.4, 0.5) is 18.9 Å². The monoisotopic (exact) mass is 590 g/mol. The first kappa shape index (κ1) is 27.3. The Bertz CT molecular complexity index is 1220. The Hall–Kier alpha value is -2.24. The summed E-state index contributed by atoms with van der Waals surface area (Å²) in [6.45, 7) is -1.31. The van der Waals surface area contributed by atoms with Crippen molar-refractivity contribution in [2.24, 2.45) is 0 Å². The highest BCUT2D eigenvalue weighted by Gasteiger charge is 2.41. The molecule has 0 aliphatic carbocycles. The maximum Gasteiger partial charge on any atom is 0.416 e. The van der Waals surface area contributed by atoms with Gasteiger partial charge >= 0.3 is 12.1 Å². The van der Waals surface area contributed by atoms with Crippen LogP contribution in [0.25, 0.3) is 0 Å². The van der Waals surface area contributed by atoms with E-state index in [0.29, 0.717) is 11.0 Å². The number of fused-ring (bicyclic) bond motifs is 1. The van der Waals surface area contributed by atoms with E-state index in [1.165, 1.54) is 0 Å². The van der Waals surface area contributed by atoms with Crippen LogP contribution in [0.15, 0.2) is 18.2 Å². The molecule has 0 unspecified atom stereocenters. The predicted molar refractivity (Wildman–Crippen MR) is 123 cm³/mol. The standard InChI is InChI=1S/C20H10Cl5F3N2O5/c21-8-2-1-7(20(26,27)28)5-9(8)29-10(31)6-35-11(32)3-4-30-18(33)12-13(19(30)34)15(23)17(25)16(24)14(12)22/h1-2,5H,3-4,6H2,(H,29,31). The number of nitrogens with zero attached hydrogens (tertiary/aromatic N) is 1. The van der Waals surface area contributed by atoms with Crippen LogP contribution in [0, 0.1) is 0 Å². The first-order valence-corrected chi connectivity index (χ1v) is 11.2. The van der Waals surface area contributed by atoms with Gasteiger partial charge in [-0.15, -0.1) is 0 Å². The Labute approximate surface area is 219 Å². The molecule has 1 aliphatic rings. The number of hydrogen-bond acceptors (Lipinski definition) is 5. The van der Waals surface area contributed by atoms with Gasteiger partial charge in [0.05, 0.1) is 53.9 Å². The van der Waals surface area contributed by atoms with E-state index in [9.17, 15) is 32.3 Å². The van der Waals surface area contributed by atoms with Gasteiger partial charge in [-0.3, -0.25) is 24.1 Å². The fourth-order valence-corrected chi connectivity index (χ4v) is 4.18. The van der Waals surface area contributed by atoms with Crippen LogP contribution in [0.5, 0.6) is 0 Å². The van der Waals surface area contributed by atoms with Crippen LogP contribution in [0.2, 0.25) is 25.1 Å². The molecule has 3 amide bonds. The summed E-state index contributed by atoms with van der Waals surface area (Å²) in [7, 11) is 0. The quantitative estimate of drug-likeness (QED) is 0.188. The van der Waals surface area contributed by atoms with Crippen molar-refractivity contribution < 1.29 is 37.1 Å². The molecular formula is C20H10Cl5F3N2O5. The Kier molecular flexibility index (Phi) is 8.12. The van der Waals surface area contributed by atoms with Crippen molar-refractivity contribution in [1.29, 1.82) is 0 Å². The van der Waals surface area contributed by atoms with Crippen LogP contribution in [-0.4, -0.2) is 41.7 Å². The first-order chi connectivity index (χ1) is 16.2. The summed E-state index contributed by atoms with van der Waals surface area (Å²) in [6.07, 6.45) is -5.18. The van der Waals surface area contributed by atoms with Gasteiger partial charge < -0.3 is 10.1 Å². The van der Waals surface area contributed by atoms with Crippen molar-refractivity contribution in [2.75, 3.05) is 18.5 Å². The smallest absolute Gasteiger partial charge is 0.416 e. The van der Waals surface area contributed by atoms with Crippen molar-refractivity contribution in [3.63, 3.8) is 0 Å². The molecule has 0 bridgehead atoms. The largest absolute Gasteiger partial charge is 0.456 e. The number of imide groups is 1. The molecule has 0 spiro atoms. The molecule has 1 N–H and O–H groups in total. The molecule has 15 heteroatoms. The van der Waals surface area contributed by atoms with Crippen molar-refractivity contribution >= 4 is 87.4 Å². The maximum atomic E-state index is 12.8. The topological polar surface area (TPSA) is 92.8 Å². The predicted octanol–water partition coefficient (Wildman–Crippen LogP) is 6.14. The van der Waals surface area contributed by atoms with Crippen LogP contribution >= 0.6 is 58.0 Å². The van der Waals surface area contributed by atoms with Crippen LogP contribution in [0.3, 0.4) is 0 Å². The normalized spacial score (nSPS) is 13.2. The van der Waals surface area contributed by atoms with Gasteiger partial charge in [0.25, 0.3) is 17.7 Å². The number of alkyl halides is 3. The Balaban J connectivity index is 1.58. The number of carbonyl (C=O) groups excluding carboxylic acids is 4. The summed E-state index contributed by atoms with van der Waals surface area (Å²) in [4.78, 5) is 49.9. The number of ether oxygens (including phenoxy) is 1. The Morgan fingerprint density at radius 2 is 1.46 bits per heavy atom. The number of anilines is 1. The van der Waals surface area contributed by atoms with Gasteiger partial charge in [-0.1, -0.05) is 58.0 Å².